The number of rotatable bonds is 15. The number of Topliss-reactive ketones (excluding diaryl/α,β-unsaturated/α-hetero) is 1. The van der Waals surface area contributed by atoms with Crippen LogP contribution in [0.3, 0.4) is 0 Å². The number of aliphatic hydroxyl groups excluding tert-OH is 2. The Balaban J connectivity index is 1.60. The van der Waals surface area contributed by atoms with Crippen molar-refractivity contribution in [1.29, 1.82) is 0 Å². The molecule has 0 aromatic carbocycles. The lowest BCUT2D eigenvalue weighted by Crippen LogP contribution is -2.66. The first-order valence-electron chi connectivity index (χ1n) is 18.0. The summed E-state index contributed by atoms with van der Waals surface area (Å²) < 4.78 is 12.4. The van der Waals surface area contributed by atoms with Crippen molar-refractivity contribution < 1.29 is 39.2 Å². The lowest BCUT2D eigenvalue weighted by molar-refractivity contribution is -0.206. The van der Waals surface area contributed by atoms with Crippen LogP contribution < -0.4 is 0 Å². The molecule has 0 aromatic rings. The summed E-state index contributed by atoms with van der Waals surface area (Å²) in [6.45, 7) is 14.8. The monoisotopic (exact) mass is 644 g/mol. The highest BCUT2D eigenvalue weighted by atomic mass is 16.6. The van der Waals surface area contributed by atoms with E-state index in [2.05, 4.69) is 6.92 Å². The van der Waals surface area contributed by atoms with Gasteiger partial charge < -0.3 is 24.8 Å². The minimum absolute atomic E-state index is 0.0176. The third-order valence-electron chi connectivity index (χ3n) is 12.4. The van der Waals surface area contributed by atoms with E-state index in [-0.39, 0.29) is 23.2 Å². The van der Waals surface area contributed by atoms with Crippen LogP contribution in [0.15, 0.2) is 23.3 Å². The highest BCUT2D eigenvalue weighted by Crippen LogP contribution is 2.75. The topological polar surface area (TPSA) is 130 Å². The molecule has 2 bridgehead atoms. The number of ether oxygens (including phenoxy) is 2. The fourth-order valence-electron chi connectivity index (χ4n) is 9.22. The Morgan fingerprint density at radius 1 is 1.02 bits per heavy atom. The molecule has 4 aliphatic rings. The highest BCUT2D eigenvalue weighted by Gasteiger charge is 2.83. The third-order valence-corrected chi connectivity index (χ3v) is 12.4. The van der Waals surface area contributed by atoms with Gasteiger partial charge in [0, 0.05) is 23.7 Å². The number of carbonyl (C=O) groups is 3. The predicted octanol–water partition coefficient (Wildman–Crippen LogP) is 6.24. The summed E-state index contributed by atoms with van der Waals surface area (Å²) in [6, 6.07) is 0. The maximum Gasteiger partial charge on any atom is 0.309 e. The standard InChI is InChI=1S/C38H60O8/c1-9-10-11-12-13-14-15-16-17-18-29(40)46-37-21-25(5)36-20-24(4)33(45-34(43)26(6)23(2)3)38(36,44)31(41)27(22-39)19-28(32(36)42)30(37)35(37,7)8/h19-20,23,25-26,28,30-31,33,39,41,44H,9-18,21-22H2,1-8H3. The molecule has 0 aliphatic heterocycles. The van der Waals surface area contributed by atoms with Gasteiger partial charge in [-0.15, -0.1) is 0 Å². The molecule has 1 spiro atoms. The number of hydrogen-bond acceptors (Lipinski definition) is 8. The molecule has 4 rings (SSSR count). The largest absolute Gasteiger partial charge is 0.458 e. The van der Waals surface area contributed by atoms with Gasteiger partial charge in [-0.3, -0.25) is 14.4 Å². The van der Waals surface area contributed by atoms with Crippen LogP contribution in [0.1, 0.15) is 126 Å². The van der Waals surface area contributed by atoms with Crippen molar-refractivity contribution in [3.05, 3.63) is 23.3 Å². The molecule has 9 atom stereocenters. The zero-order valence-electron chi connectivity index (χ0n) is 29.6. The van der Waals surface area contributed by atoms with E-state index >= 15 is 0 Å². The third kappa shape index (κ3) is 5.83. The molecule has 260 valence electrons. The lowest BCUT2D eigenvalue weighted by atomic mass is 9.59. The zero-order chi connectivity index (χ0) is 34.2. The van der Waals surface area contributed by atoms with Gasteiger partial charge >= 0.3 is 11.9 Å². The Kier molecular flexibility index (Phi) is 11.1. The molecule has 46 heavy (non-hydrogen) atoms. The van der Waals surface area contributed by atoms with Crippen LogP contribution in [-0.4, -0.2) is 63.1 Å². The molecule has 8 nitrogen and oxygen atoms in total. The molecule has 0 saturated heterocycles. The Bertz CT molecular complexity index is 1220. The van der Waals surface area contributed by atoms with E-state index in [1.807, 2.05) is 34.6 Å². The van der Waals surface area contributed by atoms with Crippen LogP contribution in [0, 0.1) is 40.4 Å². The van der Waals surface area contributed by atoms with Crippen LogP contribution in [-0.2, 0) is 23.9 Å². The van der Waals surface area contributed by atoms with Gasteiger partial charge in [-0.1, -0.05) is 112 Å². The number of fused-ring (bicyclic) bond motifs is 3. The van der Waals surface area contributed by atoms with Crippen molar-refractivity contribution in [3.63, 3.8) is 0 Å². The maximum atomic E-state index is 14.9. The Morgan fingerprint density at radius 3 is 2.17 bits per heavy atom. The summed E-state index contributed by atoms with van der Waals surface area (Å²) in [6.07, 6.45) is 11.3. The average Bonchev–Trinajstić information content (AvgIpc) is 3.40. The summed E-state index contributed by atoms with van der Waals surface area (Å²) in [5.41, 5.74) is -4.77. The summed E-state index contributed by atoms with van der Waals surface area (Å²) in [4.78, 5) is 41.5. The van der Waals surface area contributed by atoms with Gasteiger partial charge in [0.1, 0.15) is 11.7 Å². The molecule has 0 amide bonds. The molecular formula is C38H60O8. The van der Waals surface area contributed by atoms with E-state index in [0.29, 0.717) is 18.4 Å². The normalized spacial score (nSPS) is 36.5. The summed E-state index contributed by atoms with van der Waals surface area (Å²) >= 11 is 0. The number of ketones is 1. The molecule has 2 fully saturated rings. The SMILES string of the molecule is CCCCCCCCCCCC(=O)OC12CC(C)C34C=C(C)C(OC(=O)C(C)C(C)C)C3(O)C(O)C(CO)=CC(C4=O)C1C2(C)C. The second-order valence-corrected chi connectivity index (χ2v) is 15.9. The Morgan fingerprint density at radius 2 is 1.61 bits per heavy atom. The number of aliphatic hydroxyl groups is 3. The number of unbranched alkanes of at least 4 members (excludes halogenated alkanes) is 8. The van der Waals surface area contributed by atoms with Crippen molar-refractivity contribution in [2.75, 3.05) is 6.61 Å². The fourth-order valence-corrected chi connectivity index (χ4v) is 9.22. The lowest BCUT2D eigenvalue weighted by Gasteiger charge is -2.49. The van der Waals surface area contributed by atoms with Gasteiger partial charge in [0.05, 0.1) is 17.9 Å². The summed E-state index contributed by atoms with van der Waals surface area (Å²) in [5.74, 6) is -3.39. The van der Waals surface area contributed by atoms with E-state index in [1.165, 1.54) is 38.5 Å². The molecule has 0 aromatic heterocycles. The fraction of sp³-hybridized carbons (Fsp3) is 0.816. The highest BCUT2D eigenvalue weighted by molar-refractivity contribution is 5.96. The minimum Gasteiger partial charge on any atom is -0.458 e. The van der Waals surface area contributed by atoms with E-state index in [9.17, 15) is 29.7 Å². The molecule has 0 radical (unpaired) electrons. The molecular weight excluding hydrogens is 584 g/mol. The Hall–Kier alpha value is -2.03. The van der Waals surface area contributed by atoms with Crippen LogP contribution in [0.25, 0.3) is 0 Å². The summed E-state index contributed by atoms with van der Waals surface area (Å²) in [5, 5.41) is 35.0. The Labute approximate surface area is 276 Å². The molecule has 2 saturated carbocycles. The maximum absolute atomic E-state index is 14.9. The van der Waals surface area contributed by atoms with E-state index in [0.717, 1.165) is 19.3 Å². The van der Waals surface area contributed by atoms with Crippen molar-refractivity contribution in [2.24, 2.45) is 40.4 Å². The first-order chi connectivity index (χ1) is 21.6. The quantitative estimate of drug-likeness (QED) is 0.108. The van der Waals surface area contributed by atoms with Crippen molar-refractivity contribution in [2.45, 2.75) is 149 Å². The predicted molar refractivity (Wildman–Crippen MR) is 176 cm³/mol. The van der Waals surface area contributed by atoms with Gasteiger partial charge in [0.15, 0.2) is 17.5 Å². The second-order valence-electron chi connectivity index (χ2n) is 15.9. The van der Waals surface area contributed by atoms with E-state index < -0.39 is 70.5 Å². The van der Waals surface area contributed by atoms with Crippen LogP contribution >= 0.6 is 0 Å². The van der Waals surface area contributed by atoms with Gasteiger partial charge in [-0.05, 0) is 42.7 Å². The molecule has 0 heterocycles. The van der Waals surface area contributed by atoms with Gasteiger partial charge in [0.25, 0.3) is 0 Å². The number of esters is 2. The van der Waals surface area contributed by atoms with Crippen LogP contribution in [0.5, 0.6) is 0 Å². The average molecular weight is 645 g/mol. The molecule has 3 N–H and O–H groups in total. The van der Waals surface area contributed by atoms with E-state index in [4.69, 9.17) is 9.47 Å². The summed E-state index contributed by atoms with van der Waals surface area (Å²) in [7, 11) is 0. The van der Waals surface area contributed by atoms with Crippen LogP contribution in [0.4, 0.5) is 0 Å². The molecule has 8 heteroatoms. The molecule has 9 unspecified atom stereocenters. The first-order valence-corrected chi connectivity index (χ1v) is 18.0. The second kappa shape index (κ2) is 13.8. The van der Waals surface area contributed by atoms with E-state index in [1.54, 1.807) is 26.0 Å². The van der Waals surface area contributed by atoms with Crippen molar-refractivity contribution in [1.82, 2.24) is 0 Å². The van der Waals surface area contributed by atoms with Gasteiger partial charge in [-0.2, -0.15) is 0 Å². The van der Waals surface area contributed by atoms with Gasteiger partial charge in [-0.25, -0.2) is 0 Å². The van der Waals surface area contributed by atoms with Crippen molar-refractivity contribution >= 4 is 17.7 Å². The molecule has 4 aliphatic carbocycles. The zero-order valence-corrected chi connectivity index (χ0v) is 29.6. The minimum atomic E-state index is -2.24. The number of carbonyl (C=O) groups excluding carboxylic acids is 3. The first kappa shape index (κ1) is 36.8. The number of hydrogen-bond donors (Lipinski definition) is 3. The number of allylic oxidation sites excluding steroid dienone is 1. The smallest absolute Gasteiger partial charge is 0.309 e. The van der Waals surface area contributed by atoms with Crippen LogP contribution in [0.2, 0.25) is 0 Å². The van der Waals surface area contributed by atoms with Gasteiger partial charge in [0.2, 0.25) is 0 Å². The van der Waals surface area contributed by atoms with Crippen molar-refractivity contribution in [3.8, 4) is 0 Å².